The molecular formula is C13H20N2O. The number of hydrogen-bond acceptors (Lipinski definition) is 3. The molecular weight excluding hydrogens is 200 g/mol. The third-order valence-electron chi connectivity index (χ3n) is 3.01. The van der Waals surface area contributed by atoms with Crippen molar-refractivity contribution in [2.24, 2.45) is 5.92 Å². The molecule has 0 aliphatic carbocycles. The second-order valence-corrected chi connectivity index (χ2v) is 4.32. The molecule has 1 heterocycles. The van der Waals surface area contributed by atoms with Crippen LogP contribution in [0.15, 0.2) is 30.3 Å². The fraction of sp³-hybridized carbons (Fsp3) is 0.538. The molecule has 0 spiro atoms. The molecule has 1 aromatic rings. The van der Waals surface area contributed by atoms with Crippen LogP contribution in [0, 0.1) is 5.92 Å². The first-order valence-corrected chi connectivity index (χ1v) is 6.04. The molecule has 0 amide bonds. The Morgan fingerprint density at radius 3 is 2.69 bits per heavy atom. The molecule has 3 nitrogen and oxygen atoms in total. The van der Waals surface area contributed by atoms with E-state index in [1.54, 1.807) is 0 Å². The van der Waals surface area contributed by atoms with Gasteiger partial charge in [0.25, 0.3) is 0 Å². The molecule has 0 saturated carbocycles. The Labute approximate surface area is 97.1 Å². The van der Waals surface area contributed by atoms with Gasteiger partial charge in [0.05, 0.1) is 6.61 Å². The topological polar surface area (TPSA) is 33.3 Å². The number of hydrogen-bond donors (Lipinski definition) is 2. The number of rotatable bonds is 5. The van der Waals surface area contributed by atoms with Gasteiger partial charge in [0, 0.05) is 6.54 Å². The average Bonchev–Trinajstić information content (AvgIpc) is 2.37. The molecule has 16 heavy (non-hydrogen) atoms. The molecule has 2 rings (SSSR count). The Hall–Kier alpha value is -0.900. The van der Waals surface area contributed by atoms with Crippen LogP contribution in [0.3, 0.4) is 0 Å². The third-order valence-corrected chi connectivity index (χ3v) is 3.01. The highest BCUT2D eigenvalue weighted by Crippen LogP contribution is 2.09. The number of piperidine rings is 1. The van der Waals surface area contributed by atoms with Crippen molar-refractivity contribution in [2.45, 2.75) is 19.4 Å². The van der Waals surface area contributed by atoms with E-state index in [2.05, 4.69) is 22.9 Å². The van der Waals surface area contributed by atoms with Crippen molar-refractivity contribution >= 4 is 0 Å². The Bertz CT molecular complexity index is 283. The van der Waals surface area contributed by atoms with Gasteiger partial charge in [-0.25, -0.2) is 5.48 Å². The summed E-state index contributed by atoms with van der Waals surface area (Å²) in [5.41, 5.74) is 4.28. The van der Waals surface area contributed by atoms with Crippen molar-refractivity contribution in [3.05, 3.63) is 35.9 Å². The van der Waals surface area contributed by atoms with Gasteiger partial charge in [0.2, 0.25) is 0 Å². The van der Waals surface area contributed by atoms with Crippen LogP contribution >= 0.6 is 0 Å². The van der Waals surface area contributed by atoms with E-state index in [9.17, 15) is 0 Å². The van der Waals surface area contributed by atoms with Crippen LogP contribution in [0.5, 0.6) is 0 Å². The van der Waals surface area contributed by atoms with Crippen molar-refractivity contribution in [1.82, 2.24) is 10.8 Å². The van der Waals surface area contributed by atoms with E-state index in [1.165, 1.54) is 18.4 Å². The SMILES string of the molecule is c1ccc(CONCC2CCNCC2)cc1. The van der Waals surface area contributed by atoms with Gasteiger partial charge in [-0.15, -0.1) is 0 Å². The average molecular weight is 220 g/mol. The summed E-state index contributed by atoms with van der Waals surface area (Å²) in [6, 6.07) is 10.2. The first-order valence-electron chi connectivity index (χ1n) is 6.04. The first kappa shape index (κ1) is 11.6. The van der Waals surface area contributed by atoms with Crippen molar-refractivity contribution in [3.8, 4) is 0 Å². The van der Waals surface area contributed by atoms with Gasteiger partial charge in [-0.2, -0.15) is 0 Å². The second-order valence-electron chi connectivity index (χ2n) is 4.32. The van der Waals surface area contributed by atoms with Crippen LogP contribution in [-0.4, -0.2) is 19.6 Å². The Morgan fingerprint density at radius 2 is 1.94 bits per heavy atom. The fourth-order valence-electron chi connectivity index (χ4n) is 1.97. The maximum Gasteiger partial charge on any atom is 0.0933 e. The van der Waals surface area contributed by atoms with Gasteiger partial charge >= 0.3 is 0 Å². The maximum absolute atomic E-state index is 5.45. The third kappa shape index (κ3) is 3.93. The van der Waals surface area contributed by atoms with Crippen LogP contribution in [0.4, 0.5) is 0 Å². The molecule has 1 aliphatic heterocycles. The number of hydroxylamine groups is 1. The lowest BCUT2D eigenvalue weighted by atomic mass is 9.99. The molecule has 0 bridgehead atoms. The fourth-order valence-corrected chi connectivity index (χ4v) is 1.97. The summed E-state index contributed by atoms with van der Waals surface area (Å²) in [6.45, 7) is 3.90. The van der Waals surface area contributed by atoms with E-state index < -0.39 is 0 Å². The molecule has 0 atom stereocenters. The number of nitrogens with one attached hydrogen (secondary N) is 2. The molecule has 3 heteroatoms. The van der Waals surface area contributed by atoms with Crippen LogP contribution < -0.4 is 10.8 Å². The second kappa shape index (κ2) is 6.63. The maximum atomic E-state index is 5.45. The summed E-state index contributed by atoms with van der Waals surface area (Å²) in [5.74, 6) is 0.761. The predicted octanol–water partition coefficient (Wildman–Crippen LogP) is 1.71. The van der Waals surface area contributed by atoms with E-state index in [4.69, 9.17) is 4.84 Å². The van der Waals surface area contributed by atoms with Gasteiger partial charge < -0.3 is 5.32 Å². The summed E-state index contributed by atoms with van der Waals surface area (Å²) >= 11 is 0. The lowest BCUT2D eigenvalue weighted by Crippen LogP contribution is -2.33. The minimum Gasteiger partial charge on any atom is -0.317 e. The van der Waals surface area contributed by atoms with E-state index in [0.29, 0.717) is 6.61 Å². The summed E-state index contributed by atoms with van der Waals surface area (Å²) in [6.07, 6.45) is 2.50. The molecule has 1 aromatic carbocycles. The van der Waals surface area contributed by atoms with Crippen LogP contribution in [0.1, 0.15) is 18.4 Å². The monoisotopic (exact) mass is 220 g/mol. The highest BCUT2D eigenvalue weighted by atomic mass is 16.6. The van der Waals surface area contributed by atoms with Gasteiger partial charge in [0.15, 0.2) is 0 Å². The largest absolute Gasteiger partial charge is 0.317 e. The molecule has 2 N–H and O–H groups in total. The van der Waals surface area contributed by atoms with Crippen LogP contribution in [-0.2, 0) is 11.4 Å². The van der Waals surface area contributed by atoms with Crippen molar-refractivity contribution in [3.63, 3.8) is 0 Å². The zero-order valence-electron chi connectivity index (χ0n) is 9.61. The molecule has 1 fully saturated rings. The predicted molar refractivity (Wildman–Crippen MR) is 64.8 cm³/mol. The minimum atomic E-state index is 0.645. The smallest absolute Gasteiger partial charge is 0.0933 e. The van der Waals surface area contributed by atoms with E-state index >= 15 is 0 Å². The summed E-state index contributed by atoms with van der Waals surface area (Å²) in [5, 5.41) is 3.36. The van der Waals surface area contributed by atoms with E-state index in [-0.39, 0.29) is 0 Å². The van der Waals surface area contributed by atoms with Gasteiger partial charge in [-0.1, -0.05) is 30.3 Å². The standard InChI is InChI=1S/C13H20N2O/c1-2-4-13(5-3-1)11-16-15-10-12-6-8-14-9-7-12/h1-5,12,14-15H,6-11H2. The van der Waals surface area contributed by atoms with E-state index in [0.717, 1.165) is 25.6 Å². The van der Waals surface area contributed by atoms with Crippen LogP contribution in [0.2, 0.25) is 0 Å². The minimum absolute atomic E-state index is 0.645. The molecule has 1 aliphatic rings. The lowest BCUT2D eigenvalue weighted by molar-refractivity contribution is 0.0171. The van der Waals surface area contributed by atoms with Gasteiger partial charge in [0.1, 0.15) is 0 Å². The summed E-state index contributed by atoms with van der Waals surface area (Å²) in [7, 11) is 0. The summed E-state index contributed by atoms with van der Waals surface area (Å²) in [4.78, 5) is 5.45. The zero-order chi connectivity index (χ0) is 11.1. The highest BCUT2D eigenvalue weighted by Gasteiger charge is 2.11. The zero-order valence-corrected chi connectivity index (χ0v) is 9.61. The molecule has 0 radical (unpaired) electrons. The van der Waals surface area contributed by atoms with Crippen molar-refractivity contribution < 1.29 is 4.84 Å². The molecule has 0 unspecified atom stereocenters. The Morgan fingerprint density at radius 1 is 1.19 bits per heavy atom. The Balaban J connectivity index is 1.58. The highest BCUT2D eigenvalue weighted by molar-refractivity contribution is 5.13. The first-order chi connectivity index (χ1) is 7.95. The van der Waals surface area contributed by atoms with E-state index in [1.807, 2.05) is 18.2 Å². The van der Waals surface area contributed by atoms with Gasteiger partial charge in [-0.05, 0) is 37.4 Å². The lowest BCUT2D eigenvalue weighted by Gasteiger charge is -2.22. The van der Waals surface area contributed by atoms with Gasteiger partial charge in [-0.3, -0.25) is 4.84 Å². The Kier molecular flexibility index (Phi) is 4.80. The summed E-state index contributed by atoms with van der Waals surface area (Å²) < 4.78 is 0. The molecule has 1 saturated heterocycles. The number of benzene rings is 1. The normalized spacial score (nSPS) is 17.5. The van der Waals surface area contributed by atoms with Crippen molar-refractivity contribution in [2.75, 3.05) is 19.6 Å². The van der Waals surface area contributed by atoms with Crippen LogP contribution in [0.25, 0.3) is 0 Å². The molecule has 0 aromatic heterocycles. The quantitative estimate of drug-likeness (QED) is 0.585. The molecule has 88 valence electrons. The van der Waals surface area contributed by atoms with Crippen molar-refractivity contribution in [1.29, 1.82) is 0 Å².